The van der Waals surface area contributed by atoms with E-state index >= 15 is 0 Å². The maximum Gasteiger partial charge on any atom is 0.151 e. The minimum absolute atomic E-state index is 0.590. The van der Waals surface area contributed by atoms with Crippen molar-refractivity contribution >= 4 is 72.5 Å². The standard InChI is InChI=1S/C16H12Br2Cl2N2S/c1-9-12(17)5-13(18)16-21-6-11(22(9)16)8-23-7-10-2-3-14(19)15(20)4-10/h2-6H,7-8H2,1H3. The zero-order chi connectivity index (χ0) is 16.6. The van der Waals surface area contributed by atoms with Crippen LogP contribution in [-0.4, -0.2) is 9.38 Å². The molecular formula is C16H12Br2Cl2N2S. The first-order valence-corrected chi connectivity index (χ1v) is 10.3. The van der Waals surface area contributed by atoms with Crippen LogP contribution in [0.2, 0.25) is 10.0 Å². The summed E-state index contributed by atoms with van der Waals surface area (Å²) in [6, 6.07) is 7.80. The predicted octanol–water partition coefficient (Wildman–Crippen LogP) is 6.91. The number of aromatic nitrogens is 2. The molecule has 0 aliphatic heterocycles. The highest BCUT2D eigenvalue weighted by Gasteiger charge is 2.11. The van der Waals surface area contributed by atoms with Gasteiger partial charge in [-0.05, 0) is 62.5 Å². The molecule has 2 heterocycles. The fourth-order valence-electron chi connectivity index (χ4n) is 2.32. The molecule has 0 N–H and O–H groups in total. The first-order chi connectivity index (χ1) is 11.0. The molecule has 0 spiro atoms. The SMILES string of the molecule is Cc1c(Br)cc(Br)c2ncc(CSCc3ccc(Cl)c(Cl)c3)n12. The molecule has 0 saturated heterocycles. The van der Waals surface area contributed by atoms with Crippen LogP contribution in [0.25, 0.3) is 5.65 Å². The molecule has 0 radical (unpaired) electrons. The van der Waals surface area contributed by atoms with Gasteiger partial charge in [0.1, 0.15) is 0 Å². The van der Waals surface area contributed by atoms with Gasteiger partial charge in [0, 0.05) is 21.7 Å². The normalized spacial score (nSPS) is 11.3. The number of hydrogen-bond acceptors (Lipinski definition) is 2. The van der Waals surface area contributed by atoms with Crippen molar-refractivity contribution in [2.75, 3.05) is 0 Å². The first kappa shape index (κ1) is 17.6. The number of halogens is 4. The van der Waals surface area contributed by atoms with Crippen molar-refractivity contribution in [2.45, 2.75) is 18.4 Å². The second-order valence-corrected chi connectivity index (χ2v) is 8.58. The van der Waals surface area contributed by atoms with E-state index in [2.05, 4.69) is 48.2 Å². The number of imidazole rings is 1. The highest BCUT2D eigenvalue weighted by Crippen LogP contribution is 2.29. The monoisotopic (exact) mass is 492 g/mol. The summed E-state index contributed by atoms with van der Waals surface area (Å²) in [5.74, 6) is 1.74. The van der Waals surface area contributed by atoms with Gasteiger partial charge in [-0.1, -0.05) is 29.3 Å². The highest BCUT2D eigenvalue weighted by molar-refractivity contribution is 9.11. The molecule has 23 heavy (non-hydrogen) atoms. The quantitative estimate of drug-likeness (QED) is 0.392. The Morgan fingerprint density at radius 2 is 1.87 bits per heavy atom. The second kappa shape index (κ2) is 7.36. The zero-order valence-corrected chi connectivity index (χ0v) is 17.6. The van der Waals surface area contributed by atoms with Crippen LogP contribution >= 0.6 is 66.8 Å². The van der Waals surface area contributed by atoms with Crippen LogP contribution in [0.15, 0.2) is 39.4 Å². The van der Waals surface area contributed by atoms with Crippen LogP contribution in [0.5, 0.6) is 0 Å². The van der Waals surface area contributed by atoms with E-state index in [1.54, 1.807) is 0 Å². The van der Waals surface area contributed by atoms with Gasteiger partial charge in [0.25, 0.3) is 0 Å². The molecule has 1 aromatic carbocycles. The molecule has 0 amide bonds. The van der Waals surface area contributed by atoms with E-state index in [9.17, 15) is 0 Å². The summed E-state index contributed by atoms with van der Waals surface area (Å²) >= 11 is 21.0. The van der Waals surface area contributed by atoms with Gasteiger partial charge in [-0.2, -0.15) is 11.8 Å². The van der Waals surface area contributed by atoms with Crippen LogP contribution in [0.1, 0.15) is 17.0 Å². The van der Waals surface area contributed by atoms with Crippen molar-refractivity contribution in [2.24, 2.45) is 0 Å². The van der Waals surface area contributed by atoms with Gasteiger partial charge in [-0.15, -0.1) is 0 Å². The summed E-state index contributed by atoms with van der Waals surface area (Å²) in [5, 5.41) is 1.19. The van der Waals surface area contributed by atoms with Gasteiger partial charge in [0.2, 0.25) is 0 Å². The third-order valence-electron chi connectivity index (χ3n) is 3.49. The van der Waals surface area contributed by atoms with Gasteiger partial charge < -0.3 is 0 Å². The largest absolute Gasteiger partial charge is 0.298 e. The van der Waals surface area contributed by atoms with Crippen molar-refractivity contribution in [3.63, 3.8) is 0 Å². The minimum Gasteiger partial charge on any atom is -0.298 e. The second-order valence-electron chi connectivity index (χ2n) is 5.08. The number of nitrogens with zero attached hydrogens (tertiary/aromatic N) is 2. The van der Waals surface area contributed by atoms with E-state index in [1.165, 1.54) is 5.69 Å². The van der Waals surface area contributed by atoms with Crippen LogP contribution < -0.4 is 0 Å². The molecule has 0 atom stereocenters. The Kier molecular flexibility index (Phi) is 5.64. The van der Waals surface area contributed by atoms with Crippen LogP contribution in [0.4, 0.5) is 0 Å². The van der Waals surface area contributed by atoms with Gasteiger partial charge >= 0.3 is 0 Å². The smallest absolute Gasteiger partial charge is 0.151 e. The lowest BCUT2D eigenvalue weighted by Gasteiger charge is -2.09. The van der Waals surface area contributed by atoms with E-state index in [-0.39, 0.29) is 0 Å². The molecule has 3 aromatic rings. The van der Waals surface area contributed by atoms with E-state index in [4.69, 9.17) is 23.2 Å². The van der Waals surface area contributed by atoms with Crippen LogP contribution in [-0.2, 0) is 11.5 Å². The summed E-state index contributed by atoms with van der Waals surface area (Å²) in [6.07, 6.45) is 1.93. The molecule has 0 saturated carbocycles. The lowest BCUT2D eigenvalue weighted by atomic mass is 10.2. The molecule has 0 aliphatic carbocycles. The molecular weight excluding hydrogens is 483 g/mol. The predicted molar refractivity (Wildman–Crippen MR) is 107 cm³/mol. The lowest BCUT2D eigenvalue weighted by Crippen LogP contribution is -1.98. The average Bonchev–Trinajstić information content (AvgIpc) is 2.93. The van der Waals surface area contributed by atoms with Crippen molar-refractivity contribution in [1.29, 1.82) is 0 Å². The molecule has 2 aromatic heterocycles. The fraction of sp³-hybridized carbons (Fsp3) is 0.188. The Morgan fingerprint density at radius 1 is 1.09 bits per heavy atom. The van der Waals surface area contributed by atoms with Crippen molar-refractivity contribution in [3.05, 3.63) is 66.4 Å². The molecule has 3 rings (SSSR count). The van der Waals surface area contributed by atoms with Crippen LogP contribution in [0, 0.1) is 6.92 Å². The number of rotatable bonds is 4. The Morgan fingerprint density at radius 3 is 2.61 bits per heavy atom. The molecule has 0 fully saturated rings. The Bertz CT molecular complexity index is 880. The molecule has 0 aliphatic rings. The van der Waals surface area contributed by atoms with E-state index < -0.39 is 0 Å². The molecule has 120 valence electrons. The van der Waals surface area contributed by atoms with Gasteiger partial charge in [0.05, 0.1) is 26.4 Å². The van der Waals surface area contributed by atoms with Gasteiger partial charge in [-0.25, -0.2) is 4.98 Å². The molecule has 0 unspecified atom stereocenters. The lowest BCUT2D eigenvalue weighted by molar-refractivity contribution is 1.01. The van der Waals surface area contributed by atoms with Crippen molar-refractivity contribution < 1.29 is 0 Å². The maximum atomic E-state index is 6.06. The zero-order valence-electron chi connectivity index (χ0n) is 12.1. The van der Waals surface area contributed by atoms with Crippen LogP contribution in [0.3, 0.4) is 0 Å². The summed E-state index contributed by atoms with van der Waals surface area (Å²) < 4.78 is 4.22. The van der Waals surface area contributed by atoms with E-state index in [0.29, 0.717) is 10.0 Å². The summed E-state index contributed by atoms with van der Waals surface area (Å²) in [6.45, 7) is 2.08. The van der Waals surface area contributed by atoms with Gasteiger partial charge in [0.15, 0.2) is 5.65 Å². The Labute approximate surface area is 165 Å². The Balaban J connectivity index is 1.78. The number of pyridine rings is 1. The highest BCUT2D eigenvalue weighted by atomic mass is 79.9. The average molecular weight is 495 g/mol. The summed E-state index contributed by atoms with van der Waals surface area (Å²) in [7, 11) is 0. The first-order valence-electron chi connectivity index (χ1n) is 6.80. The molecule has 0 bridgehead atoms. The van der Waals surface area contributed by atoms with E-state index in [0.717, 1.165) is 37.4 Å². The van der Waals surface area contributed by atoms with Gasteiger partial charge in [-0.3, -0.25) is 4.40 Å². The topological polar surface area (TPSA) is 17.3 Å². The number of fused-ring (bicyclic) bond motifs is 1. The third kappa shape index (κ3) is 3.74. The Hall–Kier alpha value is -0.200. The summed E-state index contributed by atoms with van der Waals surface area (Å²) in [4.78, 5) is 4.51. The maximum absolute atomic E-state index is 6.06. The number of aryl methyl sites for hydroxylation is 1. The minimum atomic E-state index is 0.590. The van der Waals surface area contributed by atoms with Crippen molar-refractivity contribution in [1.82, 2.24) is 9.38 Å². The number of thioether (sulfide) groups is 1. The fourth-order valence-corrected chi connectivity index (χ4v) is 4.79. The molecule has 2 nitrogen and oxygen atoms in total. The third-order valence-corrected chi connectivity index (χ3v) is 6.65. The number of benzene rings is 1. The molecule has 7 heteroatoms. The van der Waals surface area contributed by atoms with Crippen molar-refractivity contribution in [3.8, 4) is 0 Å². The number of hydrogen-bond donors (Lipinski definition) is 0. The summed E-state index contributed by atoms with van der Waals surface area (Å²) in [5.41, 5.74) is 4.42. The van der Waals surface area contributed by atoms with E-state index in [1.807, 2.05) is 42.2 Å².